The molecular weight excluding hydrogens is 400 g/mol. The molecule has 0 saturated carbocycles. The van der Waals surface area contributed by atoms with Gasteiger partial charge in [0, 0.05) is 6.54 Å². The number of para-hydroxylation sites is 2. The topological polar surface area (TPSA) is 96.1 Å². The number of fused-ring (bicyclic) bond motifs is 1. The number of imidazole rings is 1. The maximum absolute atomic E-state index is 12.2. The monoisotopic (exact) mass is 426 g/mol. The Labute approximate surface area is 180 Å². The molecule has 1 aromatic heterocycles. The number of hydrogen-bond acceptors (Lipinski definition) is 5. The highest BCUT2D eigenvalue weighted by molar-refractivity contribution is 8.00. The molecule has 2 amide bonds. The van der Waals surface area contributed by atoms with Crippen LogP contribution < -0.4 is 15.4 Å². The van der Waals surface area contributed by atoms with E-state index in [4.69, 9.17) is 4.74 Å². The second-order valence-electron chi connectivity index (χ2n) is 6.87. The highest BCUT2D eigenvalue weighted by Gasteiger charge is 2.14. The Hall–Kier alpha value is -3.00. The van der Waals surface area contributed by atoms with Gasteiger partial charge in [-0.15, -0.1) is 11.8 Å². The minimum atomic E-state index is -0.233. The summed E-state index contributed by atoms with van der Waals surface area (Å²) >= 11 is 1.29. The summed E-state index contributed by atoms with van der Waals surface area (Å²) in [6, 6.07) is 15.3. The molecule has 0 unspecified atom stereocenters. The van der Waals surface area contributed by atoms with Crippen LogP contribution in [0.15, 0.2) is 48.5 Å². The fourth-order valence-electron chi connectivity index (χ4n) is 2.96. The van der Waals surface area contributed by atoms with Crippen LogP contribution in [-0.4, -0.2) is 46.9 Å². The van der Waals surface area contributed by atoms with Crippen LogP contribution in [0.25, 0.3) is 11.0 Å². The number of H-pyrrole nitrogens is 1. The molecule has 0 saturated heterocycles. The van der Waals surface area contributed by atoms with Crippen molar-refractivity contribution in [3.05, 3.63) is 59.9 Å². The van der Waals surface area contributed by atoms with E-state index in [2.05, 4.69) is 20.6 Å². The molecule has 0 aliphatic rings. The van der Waals surface area contributed by atoms with Crippen LogP contribution in [0.5, 0.6) is 5.75 Å². The summed E-state index contributed by atoms with van der Waals surface area (Å²) in [6.45, 7) is 2.44. The Morgan fingerprint density at radius 1 is 1.10 bits per heavy atom. The molecule has 0 radical (unpaired) electrons. The summed E-state index contributed by atoms with van der Waals surface area (Å²) < 4.78 is 5.13. The van der Waals surface area contributed by atoms with E-state index in [0.29, 0.717) is 12.4 Å². The number of nitrogens with zero attached hydrogens (tertiary/aromatic N) is 1. The number of amides is 2. The average molecular weight is 427 g/mol. The molecule has 1 heterocycles. The third-order valence-electron chi connectivity index (χ3n) is 4.56. The molecule has 30 heavy (non-hydrogen) atoms. The largest absolute Gasteiger partial charge is 0.497 e. The smallest absolute Gasteiger partial charge is 0.230 e. The molecule has 0 fully saturated rings. The maximum Gasteiger partial charge on any atom is 0.230 e. The van der Waals surface area contributed by atoms with Gasteiger partial charge in [0.2, 0.25) is 11.8 Å². The molecule has 0 bridgehead atoms. The van der Waals surface area contributed by atoms with E-state index in [1.165, 1.54) is 11.8 Å². The number of ether oxygens (including phenoxy) is 1. The van der Waals surface area contributed by atoms with Crippen molar-refractivity contribution in [2.75, 3.05) is 25.2 Å². The summed E-state index contributed by atoms with van der Waals surface area (Å²) in [6.07, 6.45) is 0.746. The molecule has 0 spiro atoms. The third-order valence-corrected chi connectivity index (χ3v) is 5.49. The molecule has 0 aliphatic heterocycles. The van der Waals surface area contributed by atoms with Crippen LogP contribution in [0, 0.1) is 0 Å². The standard InChI is InChI=1S/C22H26N4O3S/c1-15(22-25-18-5-3-4-6-19(18)26-22)24-21(28)14-30-13-20(27)23-12-11-16-7-9-17(29-2)10-8-16/h3-10,15H,11-14H2,1-2H3,(H,23,27)(H,24,28)(H,25,26)/t15-/m0/s1. The number of rotatable bonds is 10. The van der Waals surface area contributed by atoms with Crippen molar-refractivity contribution >= 4 is 34.6 Å². The number of aromatic nitrogens is 2. The van der Waals surface area contributed by atoms with Gasteiger partial charge in [-0.3, -0.25) is 9.59 Å². The summed E-state index contributed by atoms with van der Waals surface area (Å²) in [7, 11) is 1.63. The van der Waals surface area contributed by atoms with Gasteiger partial charge in [0.15, 0.2) is 0 Å². The number of methoxy groups -OCH3 is 1. The first kappa shape index (κ1) is 21.7. The summed E-state index contributed by atoms with van der Waals surface area (Å²) in [5.41, 5.74) is 2.94. The molecule has 2 aromatic carbocycles. The number of thioether (sulfide) groups is 1. The SMILES string of the molecule is COc1ccc(CCNC(=O)CSCC(=O)N[C@@H](C)c2nc3ccccc3[nH]2)cc1. The van der Waals surface area contributed by atoms with Crippen molar-refractivity contribution in [2.45, 2.75) is 19.4 Å². The van der Waals surface area contributed by atoms with Crippen LogP contribution >= 0.6 is 11.8 Å². The van der Waals surface area contributed by atoms with Gasteiger partial charge < -0.3 is 20.4 Å². The highest BCUT2D eigenvalue weighted by Crippen LogP contribution is 2.15. The lowest BCUT2D eigenvalue weighted by Gasteiger charge is -2.11. The number of carbonyl (C=O) groups is 2. The van der Waals surface area contributed by atoms with Crippen LogP contribution in [0.2, 0.25) is 0 Å². The zero-order chi connectivity index (χ0) is 21.3. The van der Waals surface area contributed by atoms with Gasteiger partial charge in [0.25, 0.3) is 0 Å². The molecule has 3 rings (SSSR count). The number of carbonyl (C=O) groups excluding carboxylic acids is 2. The van der Waals surface area contributed by atoms with E-state index in [-0.39, 0.29) is 29.4 Å². The van der Waals surface area contributed by atoms with Gasteiger partial charge in [0.05, 0.1) is 35.7 Å². The molecular formula is C22H26N4O3S. The summed E-state index contributed by atoms with van der Waals surface area (Å²) in [5.74, 6) is 1.79. The average Bonchev–Trinajstić information content (AvgIpc) is 3.19. The highest BCUT2D eigenvalue weighted by atomic mass is 32.2. The van der Waals surface area contributed by atoms with E-state index >= 15 is 0 Å². The molecule has 3 N–H and O–H groups in total. The lowest BCUT2D eigenvalue weighted by Crippen LogP contribution is -2.31. The second kappa shape index (κ2) is 10.7. The van der Waals surface area contributed by atoms with Crippen molar-refractivity contribution in [3.63, 3.8) is 0 Å². The van der Waals surface area contributed by atoms with E-state index in [1.54, 1.807) is 7.11 Å². The predicted octanol–water partition coefficient (Wildman–Crippen LogP) is 2.84. The van der Waals surface area contributed by atoms with Crippen LogP contribution in [0.4, 0.5) is 0 Å². The second-order valence-corrected chi connectivity index (χ2v) is 7.85. The first-order valence-electron chi connectivity index (χ1n) is 9.76. The summed E-state index contributed by atoms with van der Waals surface area (Å²) in [5, 5.41) is 5.79. The Bertz CT molecular complexity index is 954. The lowest BCUT2D eigenvalue weighted by atomic mass is 10.1. The van der Waals surface area contributed by atoms with Crippen LogP contribution in [0.1, 0.15) is 24.4 Å². The fourth-order valence-corrected chi connectivity index (χ4v) is 3.61. The van der Waals surface area contributed by atoms with Gasteiger partial charge in [0.1, 0.15) is 11.6 Å². The van der Waals surface area contributed by atoms with E-state index in [9.17, 15) is 9.59 Å². The molecule has 158 valence electrons. The van der Waals surface area contributed by atoms with Crippen LogP contribution in [-0.2, 0) is 16.0 Å². The van der Waals surface area contributed by atoms with Crippen molar-refractivity contribution in [1.29, 1.82) is 0 Å². The van der Waals surface area contributed by atoms with Crippen molar-refractivity contribution < 1.29 is 14.3 Å². The molecule has 7 nitrogen and oxygen atoms in total. The number of hydrogen-bond donors (Lipinski definition) is 3. The van der Waals surface area contributed by atoms with Crippen molar-refractivity contribution in [3.8, 4) is 5.75 Å². The van der Waals surface area contributed by atoms with Gasteiger partial charge >= 0.3 is 0 Å². The maximum atomic E-state index is 12.2. The minimum absolute atomic E-state index is 0.0772. The molecule has 3 aromatic rings. The van der Waals surface area contributed by atoms with Gasteiger partial charge in [-0.05, 0) is 43.2 Å². The normalized spacial score (nSPS) is 11.8. The predicted molar refractivity (Wildman–Crippen MR) is 120 cm³/mol. The Morgan fingerprint density at radius 2 is 1.83 bits per heavy atom. The fraction of sp³-hybridized carbons (Fsp3) is 0.318. The number of benzene rings is 2. The van der Waals surface area contributed by atoms with Gasteiger partial charge in [-0.2, -0.15) is 0 Å². The third kappa shape index (κ3) is 6.25. The van der Waals surface area contributed by atoms with Crippen LogP contribution in [0.3, 0.4) is 0 Å². The first-order chi connectivity index (χ1) is 14.5. The first-order valence-corrected chi connectivity index (χ1v) is 10.9. The summed E-state index contributed by atoms with van der Waals surface area (Å²) in [4.78, 5) is 31.8. The number of nitrogens with one attached hydrogen (secondary N) is 3. The molecule has 1 atom stereocenters. The van der Waals surface area contributed by atoms with E-state index in [1.807, 2.05) is 55.5 Å². The zero-order valence-electron chi connectivity index (χ0n) is 17.1. The Kier molecular flexibility index (Phi) is 7.73. The number of aromatic amines is 1. The van der Waals surface area contributed by atoms with Gasteiger partial charge in [-0.1, -0.05) is 24.3 Å². The van der Waals surface area contributed by atoms with E-state index < -0.39 is 0 Å². The van der Waals surface area contributed by atoms with E-state index in [0.717, 1.165) is 28.8 Å². The molecule has 0 aliphatic carbocycles. The Balaban J connectivity index is 1.32. The Morgan fingerprint density at radius 3 is 2.57 bits per heavy atom. The quantitative estimate of drug-likeness (QED) is 0.463. The minimum Gasteiger partial charge on any atom is -0.497 e. The van der Waals surface area contributed by atoms with Crippen molar-refractivity contribution in [2.24, 2.45) is 0 Å². The van der Waals surface area contributed by atoms with Gasteiger partial charge in [-0.25, -0.2) is 4.98 Å². The lowest BCUT2D eigenvalue weighted by molar-refractivity contribution is -0.119. The zero-order valence-corrected chi connectivity index (χ0v) is 17.9. The molecule has 8 heteroatoms. The van der Waals surface area contributed by atoms with Crippen molar-refractivity contribution in [1.82, 2.24) is 20.6 Å².